The van der Waals surface area contributed by atoms with E-state index in [1.807, 2.05) is 42.6 Å². The molecule has 2 aromatic carbocycles. The molecule has 0 unspecified atom stereocenters. The molecule has 5 heteroatoms. The maximum Gasteiger partial charge on any atom is 0.226 e. The van der Waals surface area contributed by atoms with Gasteiger partial charge in [0, 0.05) is 36.9 Å². The lowest BCUT2D eigenvalue weighted by Gasteiger charge is -2.18. The van der Waals surface area contributed by atoms with Crippen molar-refractivity contribution in [3.63, 3.8) is 0 Å². The van der Waals surface area contributed by atoms with Gasteiger partial charge in [-0.1, -0.05) is 32.0 Å². The van der Waals surface area contributed by atoms with E-state index in [0.717, 1.165) is 36.6 Å². The minimum atomic E-state index is 0.00739. The topological polar surface area (TPSA) is 46.5 Å². The van der Waals surface area contributed by atoms with Crippen LogP contribution in [0.4, 0.5) is 5.69 Å². The third-order valence-electron chi connectivity index (χ3n) is 4.97. The summed E-state index contributed by atoms with van der Waals surface area (Å²) in [6.07, 6.45) is 2.46. The molecule has 5 nitrogen and oxygen atoms in total. The van der Waals surface area contributed by atoms with Gasteiger partial charge in [0.2, 0.25) is 5.91 Å². The molecule has 0 saturated heterocycles. The van der Waals surface area contributed by atoms with E-state index in [4.69, 9.17) is 4.74 Å². The number of carbonyl (C=O) groups is 1. The van der Waals surface area contributed by atoms with Crippen LogP contribution in [0.1, 0.15) is 20.3 Å². The molecule has 1 N–H and O–H groups in total. The first kappa shape index (κ1) is 20.0. The third-order valence-corrected chi connectivity index (χ3v) is 4.97. The van der Waals surface area contributed by atoms with E-state index in [9.17, 15) is 4.79 Å². The van der Waals surface area contributed by atoms with Crippen LogP contribution in [-0.4, -0.2) is 41.6 Å². The predicted molar refractivity (Wildman–Crippen MR) is 115 cm³/mol. The van der Waals surface area contributed by atoms with Crippen LogP contribution in [-0.2, 0) is 11.3 Å². The maximum absolute atomic E-state index is 12.3. The van der Waals surface area contributed by atoms with Gasteiger partial charge in [0.15, 0.2) is 0 Å². The van der Waals surface area contributed by atoms with Crippen molar-refractivity contribution in [2.24, 2.45) is 0 Å². The summed E-state index contributed by atoms with van der Waals surface area (Å²) < 4.78 is 7.89. The number of fused-ring (bicyclic) bond motifs is 1. The number of amides is 1. The van der Waals surface area contributed by atoms with Gasteiger partial charge in [-0.15, -0.1) is 0 Å². The second-order valence-corrected chi connectivity index (χ2v) is 6.77. The van der Waals surface area contributed by atoms with Gasteiger partial charge in [-0.25, -0.2) is 0 Å². The highest BCUT2D eigenvalue weighted by atomic mass is 16.5. The van der Waals surface area contributed by atoms with Crippen LogP contribution in [0.2, 0.25) is 0 Å². The fraction of sp³-hybridized carbons (Fsp3) is 0.348. The summed E-state index contributed by atoms with van der Waals surface area (Å²) in [6, 6.07) is 17.8. The minimum absolute atomic E-state index is 0.00739. The van der Waals surface area contributed by atoms with Crippen molar-refractivity contribution >= 4 is 22.5 Å². The van der Waals surface area contributed by atoms with Gasteiger partial charge in [0.25, 0.3) is 0 Å². The predicted octanol–water partition coefficient (Wildman–Crippen LogP) is 4.39. The Morgan fingerprint density at radius 1 is 1.04 bits per heavy atom. The van der Waals surface area contributed by atoms with Gasteiger partial charge in [0.05, 0.1) is 0 Å². The molecule has 0 atom stereocenters. The summed E-state index contributed by atoms with van der Waals surface area (Å²) >= 11 is 0. The Morgan fingerprint density at radius 3 is 2.54 bits per heavy atom. The molecule has 0 saturated carbocycles. The van der Waals surface area contributed by atoms with E-state index < -0.39 is 0 Å². The van der Waals surface area contributed by atoms with Gasteiger partial charge in [-0.3, -0.25) is 4.79 Å². The molecule has 3 rings (SSSR count). The summed E-state index contributed by atoms with van der Waals surface area (Å²) in [4.78, 5) is 14.6. The Morgan fingerprint density at radius 2 is 1.79 bits per heavy atom. The zero-order valence-corrected chi connectivity index (χ0v) is 16.7. The Bertz CT molecular complexity index is 882. The van der Waals surface area contributed by atoms with E-state index in [1.165, 1.54) is 5.39 Å². The Balaban J connectivity index is 1.45. The molecular formula is C23H29N3O2. The second kappa shape index (κ2) is 9.95. The standard InChI is InChI=1S/C23H29N3O2/c1-3-25(4-2)17-18-28-21-11-9-20(10-12-21)24-23(27)14-16-26-15-13-19-7-5-6-8-22(19)26/h5-13,15H,3-4,14,16-18H2,1-2H3,(H,24,27). The van der Waals surface area contributed by atoms with E-state index in [2.05, 4.69) is 46.8 Å². The number of benzene rings is 2. The first-order chi connectivity index (χ1) is 13.7. The van der Waals surface area contributed by atoms with Crippen LogP contribution in [0.25, 0.3) is 10.9 Å². The van der Waals surface area contributed by atoms with Gasteiger partial charge in [-0.05, 0) is 54.9 Å². The van der Waals surface area contributed by atoms with Crippen molar-refractivity contribution in [3.8, 4) is 5.75 Å². The smallest absolute Gasteiger partial charge is 0.226 e. The SMILES string of the molecule is CCN(CC)CCOc1ccc(NC(=O)CCn2ccc3ccccc32)cc1. The normalized spacial score (nSPS) is 11.1. The van der Waals surface area contributed by atoms with E-state index in [0.29, 0.717) is 19.6 Å². The largest absolute Gasteiger partial charge is 0.492 e. The lowest BCUT2D eigenvalue weighted by molar-refractivity contribution is -0.116. The van der Waals surface area contributed by atoms with Crippen LogP contribution in [0, 0.1) is 0 Å². The maximum atomic E-state index is 12.3. The number of likely N-dealkylation sites (N-methyl/N-ethyl adjacent to an activating group) is 1. The number of rotatable bonds is 10. The molecule has 148 valence electrons. The number of ether oxygens (including phenoxy) is 1. The molecule has 0 radical (unpaired) electrons. The van der Waals surface area contributed by atoms with Gasteiger partial charge >= 0.3 is 0 Å². The number of nitrogens with one attached hydrogen (secondary N) is 1. The van der Waals surface area contributed by atoms with Crippen molar-refractivity contribution in [3.05, 3.63) is 60.8 Å². The third kappa shape index (κ3) is 5.36. The van der Waals surface area contributed by atoms with Crippen molar-refractivity contribution in [1.29, 1.82) is 0 Å². The van der Waals surface area contributed by atoms with Gasteiger partial charge < -0.3 is 19.5 Å². The summed E-state index contributed by atoms with van der Waals surface area (Å²) in [5, 5.41) is 4.15. The van der Waals surface area contributed by atoms with Gasteiger partial charge in [0.1, 0.15) is 12.4 Å². The molecule has 0 spiro atoms. The van der Waals surface area contributed by atoms with Crippen LogP contribution in [0.5, 0.6) is 5.75 Å². The lowest BCUT2D eigenvalue weighted by atomic mass is 10.2. The number of aromatic nitrogens is 1. The number of para-hydroxylation sites is 1. The zero-order chi connectivity index (χ0) is 19.8. The highest BCUT2D eigenvalue weighted by Crippen LogP contribution is 2.17. The van der Waals surface area contributed by atoms with E-state index in [-0.39, 0.29) is 5.91 Å². The van der Waals surface area contributed by atoms with Crippen LogP contribution >= 0.6 is 0 Å². The van der Waals surface area contributed by atoms with Crippen molar-refractivity contribution < 1.29 is 9.53 Å². The molecule has 1 aromatic heterocycles. The van der Waals surface area contributed by atoms with Crippen LogP contribution in [0.3, 0.4) is 0 Å². The highest BCUT2D eigenvalue weighted by Gasteiger charge is 2.06. The first-order valence-corrected chi connectivity index (χ1v) is 9.98. The summed E-state index contributed by atoms with van der Waals surface area (Å²) in [5.41, 5.74) is 1.94. The minimum Gasteiger partial charge on any atom is -0.492 e. The molecule has 0 aliphatic rings. The molecule has 0 aliphatic heterocycles. The van der Waals surface area contributed by atoms with E-state index >= 15 is 0 Å². The number of hydrogen-bond donors (Lipinski definition) is 1. The van der Waals surface area contributed by atoms with Crippen LogP contribution in [0.15, 0.2) is 60.8 Å². The lowest BCUT2D eigenvalue weighted by Crippen LogP contribution is -2.27. The van der Waals surface area contributed by atoms with Crippen LogP contribution < -0.4 is 10.1 Å². The Hall–Kier alpha value is -2.79. The molecule has 0 fully saturated rings. The number of aryl methyl sites for hydroxylation is 1. The zero-order valence-electron chi connectivity index (χ0n) is 16.7. The fourth-order valence-corrected chi connectivity index (χ4v) is 3.25. The number of anilines is 1. The molecule has 3 aromatic rings. The molecule has 0 aliphatic carbocycles. The quantitative estimate of drug-likeness (QED) is 0.568. The average Bonchev–Trinajstić information content (AvgIpc) is 3.14. The number of hydrogen-bond acceptors (Lipinski definition) is 3. The highest BCUT2D eigenvalue weighted by molar-refractivity contribution is 5.90. The molecule has 0 bridgehead atoms. The van der Waals surface area contributed by atoms with Crippen molar-refractivity contribution in [2.75, 3.05) is 31.6 Å². The number of carbonyl (C=O) groups excluding carboxylic acids is 1. The van der Waals surface area contributed by atoms with E-state index in [1.54, 1.807) is 0 Å². The average molecular weight is 380 g/mol. The molecular weight excluding hydrogens is 350 g/mol. The van der Waals surface area contributed by atoms with Gasteiger partial charge in [-0.2, -0.15) is 0 Å². The molecule has 1 heterocycles. The summed E-state index contributed by atoms with van der Waals surface area (Å²) in [6.45, 7) is 8.61. The number of nitrogens with zero attached hydrogens (tertiary/aromatic N) is 2. The second-order valence-electron chi connectivity index (χ2n) is 6.77. The first-order valence-electron chi connectivity index (χ1n) is 9.98. The van der Waals surface area contributed by atoms with Crippen molar-refractivity contribution in [2.45, 2.75) is 26.8 Å². The monoisotopic (exact) mass is 379 g/mol. The summed E-state index contributed by atoms with van der Waals surface area (Å²) in [7, 11) is 0. The molecule has 1 amide bonds. The Kier molecular flexibility index (Phi) is 7.09. The summed E-state index contributed by atoms with van der Waals surface area (Å²) in [5.74, 6) is 0.831. The molecule has 28 heavy (non-hydrogen) atoms. The Labute approximate surface area is 166 Å². The fourth-order valence-electron chi connectivity index (χ4n) is 3.25. The van der Waals surface area contributed by atoms with Crippen molar-refractivity contribution in [1.82, 2.24) is 9.47 Å².